The lowest BCUT2D eigenvalue weighted by atomic mass is 9.82. The maximum atomic E-state index is 13.1. The van der Waals surface area contributed by atoms with E-state index in [1.165, 1.54) is 18.2 Å². The van der Waals surface area contributed by atoms with Gasteiger partial charge in [-0.1, -0.05) is 0 Å². The van der Waals surface area contributed by atoms with Crippen LogP contribution in [-0.2, 0) is 4.74 Å². The number of hydrogen-bond donors (Lipinski definition) is 0. The average Bonchev–Trinajstić information content (AvgIpc) is 2.45. The van der Waals surface area contributed by atoms with Gasteiger partial charge in [0.1, 0.15) is 5.82 Å². The molecule has 1 aromatic rings. The summed E-state index contributed by atoms with van der Waals surface area (Å²) < 4.78 is 19.5. The van der Waals surface area contributed by atoms with Gasteiger partial charge in [0.15, 0.2) is 5.78 Å². The van der Waals surface area contributed by atoms with Gasteiger partial charge in [-0.3, -0.25) is 4.79 Å². The summed E-state index contributed by atoms with van der Waals surface area (Å²) in [6, 6.07) is 4.16. The molecule has 2 nitrogen and oxygen atoms in total. The van der Waals surface area contributed by atoms with Crippen LogP contribution in [0.1, 0.15) is 44.5 Å². The Morgan fingerprint density at radius 1 is 1.37 bits per heavy atom. The lowest BCUT2D eigenvalue weighted by Crippen LogP contribution is -2.34. The van der Waals surface area contributed by atoms with Crippen molar-refractivity contribution >= 4 is 21.7 Å². The van der Waals surface area contributed by atoms with Crippen LogP contribution in [0.3, 0.4) is 0 Å². The minimum Gasteiger partial charge on any atom is -0.369 e. The van der Waals surface area contributed by atoms with E-state index in [4.69, 9.17) is 4.74 Å². The molecule has 1 heterocycles. The van der Waals surface area contributed by atoms with Crippen molar-refractivity contribution < 1.29 is 13.9 Å². The predicted molar refractivity (Wildman–Crippen MR) is 75.8 cm³/mol. The van der Waals surface area contributed by atoms with E-state index >= 15 is 0 Å². The number of ketones is 1. The Morgan fingerprint density at radius 3 is 2.47 bits per heavy atom. The third-order valence-electron chi connectivity index (χ3n) is 3.59. The Labute approximate surface area is 121 Å². The van der Waals surface area contributed by atoms with Gasteiger partial charge < -0.3 is 4.74 Å². The van der Waals surface area contributed by atoms with Crippen LogP contribution in [0.4, 0.5) is 4.39 Å². The van der Waals surface area contributed by atoms with E-state index in [9.17, 15) is 9.18 Å². The number of hydrogen-bond acceptors (Lipinski definition) is 2. The quantitative estimate of drug-likeness (QED) is 0.754. The number of carbonyl (C=O) groups excluding carboxylic acids is 1. The zero-order valence-corrected chi connectivity index (χ0v) is 13.2. The van der Waals surface area contributed by atoms with Crippen LogP contribution in [0.5, 0.6) is 0 Å². The van der Waals surface area contributed by atoms with Crippen LogP contribution in [0.2, 0.25) is 0 Å². The van der Waals surface area contributed by atoms with E-state index in [2.05, 4.69) is 15.9 Å². The van der Waals surface area contributed by atoms with E-state index in [1.54, 1.807) is 0 Å². The highest BCUT2D eigenvalue weighted by Gasteiger charge is 2.49. The molecule has 0 spiro atoms. The Balaban J connectivity index is 2.34. The minimum absolute atomic E-state index is 0.00227. The zero-order valence-electron chi connectivity index (χ0n) is 11.6. The largest absolute Gasteiger partial charge is 0.369 e. The van der Waals surface area contributed by atoms with Crippen molar-refractivity contribution in [2.75, 3.05) is 0 Å². The first-order valence-corrected chi connectivity index (χ1v) is 7.11. The highest BCUT2D eigenvalue weighted by Crippen LogP contribution is 2.43. The number of Topliss-reactive ketones (excluding diaryl/α,β-unsaturated/α-hetero) is 1. The van der Waals surface area contributed by atoms with Crippen LogP contribution in [-0.4, -0.2) is 17.0 Å². The van der Waals surface area contributed by atoms with Crippen LogP contribution < -0.4 is 0 Å². The Kier molecular flexibility index (Phi) is 3.60. The number of rotatable bonds is 2. The van der Waals surface area contributed by atoms with Crippen molar-refractivity contribution in [1.29, 1.82) is 0 Å². The van der Waals surface area contributed by atoms with Gasteiger partial charge in [0.2, 0.25) is 0 Å². The van der Waals surface area contributed by atoms with Gasteiger partial charge in [-0.15, -0.1) is 0 Å². The average molecular weight is 329 g/mol. The lowest BCUT2D eigenvalue weighted by molar-refractivity contribution is -0.0712. The third-order valence-corrected chi connectivity index (χ3v) is 4.24. The van der Waals surface area contributed by atoms with Crippen molar-refractivity contribution in [2.24, 2.45) is 5.92 Å². The number of ether oxygens (including phenoxy) is 1. The van der Waals surface area contributed by atoms with Crippen molar-refractivity contribution in [2.45, 2.75) is 45.3 Å². The second-order valence-electron chi connectivity index (χ2n) is 6.21. The predicted octanol–water partition coefficient (Wildman–Crippen LogP) is 4.36. The normalized spacial score (nSPS) is 24.4. The molecular weight excluding hydrogens is 311 g/mol. The SMILES string of the molecule is CC1(C)CC(C(=O)c2ccc(F)cc2Br)C(C)(C)O1. The topological polar surface area (TPSA) is 26.3 Å². The molecule has 0 bridgehead atoms. The number of benzene rings is 1. The summed E-state index contributed by atoms with van der Waals surface area (Å²) in [6.07, 6.45) is 0.669. The molecule has 1 aliphatic rings. The summed E-state index contributed by atoms with van der Waals surface area (Å²) in [6.45, 7) is 7.84. The monoisotopic (exact) mass is 328 g/mol. The Morgan fingerprint density at radius 2 is 2.00 bits per heavy atom. The zero-order chi connectivity index (χ0) is 14.4. The second-order valence-corrected chi connectivity index (χ2v) is 7.06. The molecule has 2 rings (SSSR count). The Bertz CT molecular complexity index is 523. The van der Waals surface area contributed by atoms with Crippen molar-refractivity contribution in [1.82, 2.24) is 0 Å². The molecule has 1 aromatic carbocycles. The second kappa shape index (κ2) is 4.67. The molecule has 0 amide bonds. The molecule has 4 heteroatoms. The fourth-order valence-electron chi connectivity index (χ4n) is 2.85. The van der Waals surface area contributed by atoms with Gasteiger partial charge in [-0.05, 0) is 68.2 Å². The first-order valence-electron chi connectivity index (χ1n) is 6.32. The van der Waals surface area contributed by atoms with Gasteiger partial charge >= 0.3 is 0 Å². The van der Waals surface area contributed by atoms with E-state index in [0.717, 1.165) is 0 Å². The molecule has 0 N–H and O–H groups in total. The molecule has 0 saturated carbocycles. The standard InChI is InChI=1S/C15H18BrFO2/c1-14(2)8-11(15(3,4)19-14)13(18)10-6-5-9(17)7-12(10)16/h5-7,11H,8H2,1-4H3. The first-order chi connectivity index (χ1) is 8.62. The fourth-order valence-corrected chi connectivity index (χ4v) is 3.39. The van der Waals surface area contributed by atoms with Gasteiger partial charge in [0, 0.05) is 10.0 Å². The molecule has 0 aliphatic carbocycles. The molecular formula is C15H18BrFO2. The summed E-state index contributed by atoms with van der Waals surface area (Å²) in [5, 5.41) is 0. The van der Waals surface area contributed by atoms with Crippen LogP contribution in [0.25, 0.3) is 0 Å². The Hall–Kier alpha value is -0.740. The molecule has 0 aromatic heterocycles. The van der Waals surface area contributed by atoms with E-state index in [-0.39, 0.29) is 23.1 Å². The minimum atomic E-state index is -0.506. The van der Waals surface area contributed by atoms with Gasteiger partial charge in [-0.25, -0.2) is 4.39 Å². The number of halogens is 2. The molecule has 1 aliphatic heterocycles. The molecule has 1 fully saturated rings. The maximum Gasteiger partial charge on any atom is 0.170 e. The van der Waals surface area contributed by atoms with E-state index < -0.39 is 5.60 Å². The number of carbonyl (C=O) groups is 1. The summed E-state index contributed by atoms with van der Waals surface area (Å²) >= 11 is 3.26. The van der Waals surface area contributed by atoms with Crippen molar-refractivity contribution in [3.63, 3.8) is 0 Å². The third kappa shape index (κ3) is 2.90. The molecule has 19 heavy (non-hydrogen) atoms. The van der Waals surface area contributed by atoms with Gasteiger partial charge in [-0.2, -0.15) is 0 Å². The molecule has 0 radical (unpaired) electrons. The van der Waals surface area contributed by atoms with E-state index in [0.29, 0.717) is 16.5 Å². The highest BCUT2D eigenvalue weighted by molar-refractivity contribution is 9.10. The first kappa shape index (κ1) is 14.7. The van der Waals surface area contributed by atoms with Gasteiger partial charge in [0.25, 0.3) is 0 Å². The molecule has 104 valence electrons. The maximum absolute atomic E-state index is 13.1. The molecule has 1 saturated heterocycles. The van der Waals surface area contributed by atoms with Crippen LogP contribution >= 0.6 is 15.9 Å². The lowest BCUT2D eigenvalue weighted by Gasteiger charge is -2.26. The summed E-state index contributed by atoms with van der Waals surface area (Å²) in [5.74, 6) is -0.572. The summed E-state index contributed by atoms with van der Waals surface area (Å²) in [4.78, 5) is 12.7. The van der Waals surface area contributed by atoms with Crippen molar-refractivity contribution in [3.05, 3.63) is 34.1 Å². The smallest absolute Gasteiger partial charge is 0.170 e. The van der Waals surface area contributed by atoms with Gasteiger partial charge in [0.05, 0.1) is 17.1 Å². The molecule has 1 atom stereocenters. The summed E-state index contributed by atoms with van der Waals surface area (Å²) in [7, 11) is 0. The van der Waals surface area contributed by atoms with Crippen LogP contribution in [0, 0.1) is 11.7 Å². The van der Waals surface area contributed by atoms with Crippen molar-refractivity contribution in [3.8, 4) is 0 Å². The van der Waals surface area contributed by atoms with E-state index in [1.807, 2.05) is 27.7 Å². The molecule has 1 unspecified atom stereocenters. The summed E-state index contributed by atoms with van der Waals surface area (Å²) in [5.41, 5.74) is -0.300. The fraction of sp³-hybridized carbons (Fsp3) is 0.533. The van der Waals surface area contributed by atoms with Crippen LogP contribution in [0.15, 0.2) is 22.7 Å². The highest BCUT2D eigenvalue weighted by atomic mass is 79.9.